The van der Waals surface area contributed by atoms with E-state index in [-0.39, 0.29) is 10.9 Å². The van der Waals surface area contributed by atoms with Crippen molar-refractivity contribution in [1.82, 2.24) is 13.6 Å². The second-order valence-corrected chi connectivity index (χ2v) is 10.7. The molecule has 124 valence electrons. The second-order valence-electron chi connectivity index (χ2n) is 6.05. The quantitative estimate of drug-likeness (QED) is 0.790. The first-order valence-electron chi connectivity index (χ1n) is 7.15. The molecule has 6 nitrogen and oxygen atoms in total. The molecule has 0 unspecified atom stereocenters. The van der Waals surface area contributed by atoms with Crippen molar-refractivity contribution in [3.8, 4) is 0 Å². The van der Waals surface area contributed by atoms with Crippen molar-refractivity contribution in [3.63, 3.8) is 0 Å². The average Bonchev–Trinajstić information content (AvgIpc) is 3.00. The monoisotopic (exact) mass is 363 g/mol. The maximum atomic E-state index is 12.1. The Morgan fingerprint density at radius 2 is 2.23 bits per heavy atom. The van der Waals surface area contributed by atoms with Gasteiger partial charge < -0.3 is 4.74 Å². The predicted molar refractivity (Wildman–Crippen MR) is 89.4 cm³/mol. The van der Waals surface area contributed by atoms with Crippen LogP contribution in [0.1, 0.15) is 17.1 Å². The summed E-state index contributed by atoms with van der Waals surface area (Å²) in [4.78, 5) is 4.40. The van der Waals surface area contributed by atoms with E-state index in [4.69, 9.17) is 4.74 Å². The van der Waals surface area contributed by atoms with Gasteiger partial charge in [-0.2, -0.15) is 17.0 Å². The molecule has 0 saturated carbocycles. The minimum absolute atomic E-state index is 0.0474. The molecule has 22 heavy (non-hydrogen) atoms. The fraction of sp³-hybridized carbons (Fsp3) is 0.769. The number of rotatable bonds is 5. The Hall–Kier alpha value is -0.190. The topological polar surface area (TPSA) is 62.7 Å². The standard InChI is InChI=1S/C13H21N3O3S3/c1-10-14-11(6-20-10)5-19-12-4-13(21-7-12)8-16(9-13)22(17,18)15(2)3/h6,12H,4-5,7-9H2,1-3H3/t12-/m0/s1. The SMILES string of the molecule is Cc1nc(CO[C@@H]2CSC3(C2)CN(S(=O)(=O)N(C)C)C3)cs1. The molecule has 0 N–H and O–H groups in total. The van der Waals surface area contributed by atoms with Crippen molar-refractivity contribution in [2.75, 3.05) is 32.9 Å². The molecule has 1 aromatic heterocycles. The molecule has 0 aliphatic carbocycles. The third-order valence-electron chi connectivity index (χ3n) is 4.03. The van der Waals surface area contributed by atoms with Crippen LogP contribution in [0, 0.1) is 6.92 Å². The van der Waals surface area contributed by atoms with Crippen molar-refractivity contribution < 1.29 is 13.2 Å². The molecule has 2 aliphatic rings. The van der Waals surface area contributed by atoms with Gasteiger partial charge >= 0.3 is 0 Å². The van der Waals surface area contributed by atoms with Crippen LogP contribution < -0.4 is 0 Å². The number of thioether (sulfide) groups is 1. The van der Waals surface area contributed by atoms with Crippen molar-refractivity contribution in [1.29, 1.82) is 0 Å². The van der Waals surface area contributed by atoms with Crippen LogP contribution in [0.4, 0.5) is 0 Å². The lowest BCUT2D eigenvalue weighted by Crippen LogP contribution is -2.62. The number of ether oxygens (including phenoxy) is 1. The van der Waals surface area contributed by atoms with Crippen molar-refractivity contribution in [2.24, 2.45) is 0 Å². The summed E-state index contributed by atoms with van der Waals surface area (Å²) in [5, 5.41) is 3.08. The van der Waals surface area contributed by atoms with Crippen LogP contribution in [0.25, 0.3) is 0 Å². The van der Waals surface area contributed by atoms with Gasteiger partial charge in [-0.15, -0.1) is 23.1 Å². The number of aromatic nitrogens is 1. The first kappa shape index (κ1) is 16.7. The Morgan fingerprint density at radius 3 is 2.82 bits per heavy atom. The highest BCUT2D eigenvalue weighted by molar-refractivity contribution is 8.01. The Labute approximate surface area is 140 Å². The number of nitrogens with zero attached hydrogens (tertiary/aromatic N) is 3. The summed E-state index contributed by atoms with van der Waals surface area (Å²) in [6, 6.07) is 0. The molecule has 0 aromatic carbocycles. The average molecular weight is 364 g/mol. The largest absolute Gasteiger partial charge is 0.371 e. The van der Waals surface area contributed by atoms with E-state index >= 15 is 0 Å². The predicted octanol–water partition coefficient (Wildman–Crippen LogP) is 1.33. The van der Waals surface area contributed by atoms with E-state index in [0.717, 1.165) is 22.9 Å². The van der Waals surface area contributed by atoms with E-state index in [1.807, 2.05) is 24.1 Å². The van der Waals surface area contributed by atoms with E-state index in [1.54, 1.807) is 29.7 Å². The summed E-state index contributed by atoms with van der Waals surface area (Å²) in [6.07, 6.45) is 1.11. The lowest BCUT2D eigenvalue weighted by atomic mass is 9.95. The molecule has 0 radical (unpaired) electrons. The molecule has 2 fully saturated rings. The first-order chi connectivity index (χ1) is 10.3. The highest BCUT2D eigenvalue weighted by atomic mass is 32.2. The summed E-state index contributed by atoms with van der Waals surface area (Å²) in [7, 11) is -0.123. The second kappa shape index (κ2) is 6.03. The summed E-state index contributed by atoms with van der Waals surface area (Å²) in [5.41, 5.74) is 0.985. The van der Waals surface area contributed by atoms with Gasteiger partial charge in [-0.05, 0) is 13.3 Å². The maximum absolute atomic E-state index is 12.1. The summed E-state index contributed by atoms with van der Waals surface area (Å²) in [5.74, 6) is 0.930. The zero-order valence-corrected chi connectivity index (χ0v) is 15.4. The van der Waals surface area contributed by atoms with E-state index in [9.17, 15) is 8.42 Å². The highest BCUT2D eigenvalue weighted by Crippen LogP contribution is 2.47. The van der Waals surface area contributed by atoms with Gasteiger partial charge in [0.1, 0.15) is 0 Å². The lowest BCUT2D eigenvalue weighted by Gasteiger charge is -2.46. The Balaban J connectivity index is 1.49. The minimum Gasteiger partial charge on any atom is -0.371 e. The van der Waals surface area contributed by atoms with Crippen LogP contribution in [0.15, 0.2) is 5.38 Å². The van der Waals surface area contributed by atoms with Crippen molar-refractivity contribution in [2.45, 2.75) is 30.8 Å². The van der Waals surface area contributed by atoms with Crippen LogP contribution in [-0.2, 0) is 21.6 Å². The number of aryl methyl sites for hydroxylation is 1. The zero-order chi connectivity index (χ0) is 16.0. The Bertz CT molecular complexity index is 638. The molecular formula is C13H21N3O3S3. The third-order valence-corrected chi connectivity index (χ3v) is 8.26. The Kier molecular flexibility index (Phi) is 4.56. The number of hydrogen-bond acceptors (Lipinski definition) is 6. The minimum atomic E-state index is -3.27. The van der Waals surface area contributed by atoms with Crippen LogP contribution in [0.2, 0.25) is 0 Å². The molecule has 3 heterocycles. The van der Waals surface area contributed by atoms with Gasteiger partial charge in [0, 0.05) is 43.1 Å². The summed E-state index contributed by atoms with van der Waals surface area (Å²) in [6.45, 7) is 3.72. The number of hydrogen-bond donors (Lipinski definition) is 0. The molecule has 0 bridgehead atoms. The number of thiazole rings is 1. The van der Waals surface area contributed by atoms with Gasteiger partial charge in [0.2, 0.25) is 0 Å². The van der Waals surface area contributed by atoms with Crippen LogP contribution in [-0.4, -0.2) is 65.8 Å². The summed E-state index contributed by atoms with van der Waals surface area (Å²) < 4.78 is 32.9. The maximum Gasteiger partial charge on any atom is 0.281 e. The molecular weight excluding hydrogens is 342 g/mol. The zero-order valence-electron chi connectivity index (χ0n) is 13.0. The van der Waals surface area contributed by atoms with Crippen LogP contribution in [0.5, 0.6) is 0 Å². The van der Waals surface area contributed by atoms with Crippen LogP contribution in [0.3, 0.4) is 0 Å². The van der Waals surface area contributed by atoms with E-state index < -0.39 is 10.2 Å². The summed E-state index contributed by atoms with van der Waals surface area (Å²) >= 11 is 3.48. The molecule has 2 saturated heterocycles. The Morgan fingerprint density at radius 1 is 1.50 bits per heavy atom. The fourth-order valence-electron chi connectivity index (χ4n) is 2.80. The van der Waals surface area contributed by atoms with Gasteiger partial charge in [0.25, 0.3) is 10.2 Å². The van der Waals surface area contributed by atoms with Gasteiger partial charge in [-0.25, -0.2) is 4.98 Å². The molecule has 1 spiro atoms. The molecule has 9 heteroatoms. The van der Waals surface area contributed by atoms with Gasteiger partial charge in [0.05, 0.1) is 23.4 Å². The van der Waals surface area contributed by atoms with Crippen molar-refractivity contribution in [3.05, 3.63) is 16.1 Å². The normalized spacial score (nSPS) is 25.0. The van der Waals surface area contributed by atoms with E-state index in [1.165, 1.54) is 4.31 Å². The smallest absolute Gasteiger partial charge is 0.281 e. The van der Waals surface area contributed by atoms with Gasteiger partial charge in [-0.1, -0.05) is 0 Å². The molecule has 2 aliphatic heterocycles. The van der Waals surface area contributed by atoms with Gasteiger partial charge in [-0.3, -0.25) is 0 Å². The molecule has 0 amide bonds. The third kappa shape index (κ3) is 3.20. The van der Waals surface area contributed by atoms with Gasteiger partial charge in [0.15, 0.2) is 0 Å². The highest BCUT2D eigenvalue weighted by Gasteiger charge is 2.53. The molecule has 1 atom stereocenters. The molecule has 1 aromatic rings. The van der Waals surface area contributed by atoms with Crippen molar-refractivity contribution >= 4 is 33.3 Å². The lowest BCUT2D eigenvalue weighted by molar-refractivity contribution is 0.0378. The van der Waals surface area contributed by atoms with E-state index in [0.29, 0.717) is 19.7 Å². The van der Waals surface area contributed by atoms with E-state index in [2.05, 4.69) is 4.98 Å². The van der Waals surface area contributed by atoms with Crippen LogP contribution >= 0.6 is 23.1 Å². The first-order valence-corrected chi connectivity index (χ1v) is 10.4. The molecule has 3 rings (SSSR count). The fourth-order valence-corrected chi connectivity index (χ4v) is 6.39.